The van der Waals surface area contributed by atoms with Crippen LogP contribution >= 0.6 is 0 Å². The third kappa shape index (κ3) is 7.06. The first-order valence-electron chi connectivity index (χ1n) is 20.2. The van der Waals surface area contributed by atoms with Gasteiger partial charge in [-0.15, -0.1) is 5.10 Å². The third-order valence-electron chi connectivity index (χ3n) is 11.2. The first-order chi connectivity index (χ1) is 29.2. The highest BCUT2D eigenvalue weighted by Crippen LogP contribution is 2.43. The van der Waals surface area contributed by atoms with Crippen LogP contribution in [0.15, 0.2) is 182 Å². The maximum atomic E-state index is 10.7. The quantitative estimate of drug-likeness (QED) is 0.118. The fourth-order valence-corrected chi connectivity index (χ4v) is 8.41. The van der Waals surface area contributed by atoms with E-state index in [4.69, 9.17) is 15.3 Å². The Labute approximate surface area is 344 Å². The summed E-state index contributed by atoms with van der Waals surface area (Å²) in [5.41, 5.74) is 9.09. The van der Waals surface area contributed by atoms with Gasteiger partial charge in [0.1, 0.15) is 11.4 Å². The minimum atomic E-state index is -0.867. The molecule has 9 rings (SSSR count). The predicted molar refractivity (Wildman–Crippen MR) is 237 cm³/mol. The second kappa shape index (κ2) is 16.7. The Balaban J connectivity index is 1.08. The summed E-state index contributed by atoms with van der Waals surface area (Å²) >= 11 is 0. The highest BCUT2D eigenvalue weighted by Gasteiger charge is 2.42. The van der Waals surface area contributed by atoms with Gasteiger partial charge in [-0.2, -0.15) is 0 Å². The minimum absolute atomic E-state index is 0.109. The van der Waals surface area contributed by atoms with Crippen LogP contribution in [0.5, 0.6) is 0 Å². The van der Waals surface area contributed by atoms with Crippen molar-refractivity contribution in [2.24, 2.45) is 0 Å². The maximum absolute atomic E-state index is 10.7. The monoisotopic (exact) mass is 768 g/mol. The number of tetrazole rings is 1. The zero-order valence-corrected chi connectivity index (χ0v) is 32.9. The van der Waals surface area contributed by atoms with Crippen LogP contribution in [-0.4, -0.2) is 34.9 Å². The highest BCUT2D eigenvalue weighted by molar-refractivity contribution is 5.92. The van der Waals surface area contributed by atoms with Gasteiger partial charge in [0.05, 0.1) is 18.0 Å². The summed E-state index contributed by atoms with van der Waals surface area (Å²) in [6.45, 7) is 2.65. The van der Waals surface area contributed by atoms with Gasteiger partial charge in [-0.05, 0) is 72.6 Å². The van der Waals surface area contributed by atoms with Gasteiger partial charge in [0.25, 0.3) is 0 Å². The molecule has 2 aromatic heterocycles. The lowest BCUT2D eigenvalue weighted by Crippen LogP contribution is -2.39. The van der Waals surface area contributed by atoms with Crippen LogP contribution < -0.4 is 0 Å². The summed E-state index contributed by atoms with van der Waals surface area (Å²) < 4.78 is 4.16. The van der Waals surface area contributed by atoms with Crippen molar-refractivity contribution in [1.29, 1.82) is 0 Å². The highest BCUT2D eigenvalue weighted by atomic mass is 16.3. The molecule has 0 fully saturated rings. The number of hydrogen-bond donors (Lipinski definition) is 1. The fraction of sp³-hybridized carbons (Fsp3) is 0.115. The van der Waals surface area contributed by atoms with Crippen LogP contribution in [0.4, 0.5) is 0 Å². The topological polar surface area (TPSA) is 81.7 Å². The van der Waals surface area contributed by atoms with Gasteiger partial charge in [-0.3, -0.25) is 0 Å². The van der Waals surface area contributed by atoms with E-state index in [0.29, 0.717) is 12.4 Å². The molecule has 0 radical (unpaired) electrons. The molecular weight excluding hydrogens is 725 g/mol. The molecule has 0 atom stereocenters. The van der Waals surface area contributed by atoms with Crippen molar-refractivity contribution in [3.8, 4) is 22.5 Å². The normalized spacial score (nSPS) is 11.8. The number of aliphatic hydroxyl groups is 1. The summed E-state index contributed by atoms with van der Waals surface area (Å²) in [5, 5.41) is 27.0. The van der Waals surface area contributed by atoms with Crippen LogP contribution in [-0.2, 0) is 25.1 Å². The number of nitrogens with zero attached hydrogens (tertiary/aromatic N) is 6. The van der Waals surface area contributed by atoms with Gasteiger partial charge in [0.2, 0.25) is 0 Å². The van der Waals surface area contributed by atoms with Gasteiger partial charge < -0.3 is 9.67 Å². The molecule has 59 heavy (non-hydrogen) atoms. The zero-order chi connectivity index (χ0) is 40.0. The van der Waals surface area contributed by atoms with Crippen LogP contribution in [0.1, 0.15) is 58.4 Å². The molecule has 1 N–H and O–H groups in total. The van der Waals surface area contributed by atoms with E-state index in [1.807, 2.05) is 35.0 Å². The summed E-state index contributed by atoms with van der Waals surface area (Å²) in [6, 6.07) is 63.1. The molecule has 0 saturated heterocycles. The van der Waals surface area contributed by atoms with E-state index in [1.165, 1.54) is 10.8 Å². The lowest BCUT2D eigenvalue weighted by atomic mass is 9.77. The second-order valence-electron chi connectivity index (χ2n) is 14.7. The molecule has 288 valence electrons. The number of rotatable bonds is 13. The van der Waals surface area contributed by atoms with Gasteiger partial charge >= 0.3 is 0 Å². The standard InChI is InChI=1S/C52H44N6O/c1-2-17-50-53-48(35-34-40-20-16-19-39-18-12-13-27-45(39)40)49(37-59)57(50)36-38-30-32-41(33-31-38)46-28-14-15-29-47(46)51-54-55-56-58(51)52(42-21-6-3-7-22-42,43-23-8-4-9-24-43)44-25-10-5-11-26-44/h3-16,18-35,59H,2,17,36-37H2,1H3. The molecule has 2 heterocycles. The van der Waals surface area contributed by atoms with Crippen molar-refractivity contribution in [2.45, 2.75) is 38.5 Å². The van der Waals surface area contributed by atoms with Crippen LogP contribution in [0.2, 0.25) is 0 Å². The molecule has 7 nitrogen and oxygen atoms in total. The first-order valence-corrected chi connectivity index (χ1v) is 20.2. The lowest BCUT2D eigenvalue weighted by Gasteiger charge is -2.36. The molecule has 0 saturated carbocycles. The molecule has 0 bridgehead atoms. The van der Waals surface area contributed by atoms with Crippen LogP contribution in [0.25, 0.3) is 45.4 Å². The minimum Gasteiger partial charge on any atom is -0.390 e. The van der Waals surface area contributed by atoms with Crippen molar-refractivity contribution in [1.82, 2.24) is 29.8 Å². The number of hydrogen-bond acceptors (Lipinski definition) is 5. The Morgan fingerprint density at radius 1 is 0.610 bits per heavy atom. The van der Waals surface area contributed by atoms with Crippen molar-refractivity contribution >= 4 is 22.9 Å². The number of aryl methyl sites for hydroxylation is 1. The van der Waals surface area contributed by atoms with E-state index >= 15 is 0 Å². The van der Waals surface area contributed by atoms with Crippen molar-refractivity contribution in [3.05, 3.63) is 227 Å². The average Bonchev–Trinajstić information content (AvgIpc) is 3.92. The van der Waals surface area contributed by atoms with Gasteiger partial charge in [-0.1, -0.05) is 195 Å². The molecule has 0 spiro atoms. The summed E-state index contributed by atoms with van der Waals surface area (Å²) in [5.74, 6) is 1.62. The van der Waals surface area contributed by atoms with Crippen molar-refractivity contribution < 1.29 is 5.11 Å². The average molecular weight is 769 g/mol. The van der Waals surface area contributed by atoms with Crippen LogP contribution in [0.3, 0.4) is 0 Å². The second-order valence-corrected chi connectivity index (χ2v) is 14.7. The fourth-order valence-electron chi connectivity index (χ4n) is 8.41. The Morgan fingerprint density at radius 3 is 1.85 bits per heavy atom. The van der Waals surface area contributed by atoms with E-state index in [1.54, 1.807) is 0 Å². The van der Waals surface area contributed by atoms with E-state index in [-0.39, 0.29) is 6.61 Å². The Kier molecular flexibility index (Phi) is 10.6. The Hall–Kier alpha value is -7.22. The molecule has 0 aliphatic rings. The van der Waals surface area contributed by atoms with Crippen LogP contribution in [0, 0.1) is 0 Å². The van der Waals surface area contributed by atoms with Gasteiger partial charge in [0.15, 0.2) is 5.82 Å². The number of benzene rings is 7. The van der Waals surface area contributed by atoms with E-state index in [9.17, 15) is 5.11 Å². The Bertz CT molecular complexity index is 2740. The lowest BCUT2D eigenvalue weighted by molar-refractivity contribution is 0.270. The molecule has 9 aromatic rings. The predicted octanol–water partition coefficient (Wildman–Crippen LogP) is 10.9. The van der Waals surface area contributed by atoms with E-state index in [0.717, 1.165) is 74.6 Å². The molecule has 0 unspecified atom stereocenters. The third-order valence-corrected chi connectivity index (χ3v) is 11.2. The van der Waals surface area contributed by atoms with E-state index < -0.39 is 5.54 Å². The first kappa shape index (κ1) is 37.4. The molecule has 7 aromatic carbocycles. The van der Waals surface area contributed by atoms with E-state index in [2.05, 4.69) is 181 Å². The number of aliphatic hydroxyl groups excluding tert-OH is 1. The smallest absolute Gasteiger partial charge is 0.184 e. The SMILES string of the molecule is CCCc1nc(C=Cc2cccc3ccccc23)c(CO)n1Cc1ccc(-c2ccccc2-c2nnnn2C(c2ccccc2)(c2ccccc2)c2ccccc2)cc1. The number of imidazole rings is 1. The largest absolute Gasteiger partial charge is 0.390 e. The molecular formula is C52H44N6O. The van der Waals surface area contributed by atoms with Crippen molar-refractivity contribution in [2.75, 3.05) is 0 Å². The molecule has 0 aliphatic heterocycles. The summed E-state index contributed by atoms with van der Waals surface area (Å²) in [6.07, 6.45) is 5.91. The van der Waals surface area contributed by atoms with Gasteiger partial charge in [0, 0.05) is 18.5 Å². The van der Waals surface area contributed by atoms with Crippen molar-refractivity contribution in [3.63, 3.8) is 0 Å². The zero-order valence-electron chi connectivity index (χ0n) is 32.9. The maximum Gasteiger partial charge on any atom is 0.184 e. The molecule has 0 aliphatic carbocycles. The molecule has 0 amide bonds. The van der Waals surface area contributed by atoms with Gasteiger partial charge in [-0.25, -0.2) is 9.67 Å². The number of aromatic nitrogens is 6. The Morgan fingerprint density at radius 2 is 1.20 bits per heavy atom. The number of fused-ring (bicyclic) bond motifs is 1. The summed E-state index contributed by atoms with van der Waals surface area (Å²) in [4.78, 5) is 5.06. The molecule has 7 heteroatoms. The summed E-state index contributed by atoms with van der Waals surface area (Å²) in [7, 11) is 0.